The molecular formula is C12H16N2O3. The Morgan fingerprint density at radius 1 is 1.47 bits per heavy atom. The number of nitrogens with one attached hydrogen (secondary N) is 1. The van der Waals surface area contributed by atoms with Crippen molar-refractivity contribution in [3.8, 4) is 5.75 Å². The molecule has 0 aliphatic heterocycles. The van der Waals surface area contributed by atoms with Crippen molar-refractivity contribution in [2.45, 2.75) is 25.0 Å². The quantitative estimate of drug-likeness (QED) is 0.656. The first kappa shape index (κ1) is 11.7. The summed E-state index contributed by atoms with van der Waals surface area (Å²) in [7, 11) is 0. The molecule has 1 aromatic carbocycles. The highest BCUT2D eigenvalue weighted by atomic mass is 16.5. The van der Waals surface area contributed by atoms with E-state index in [9.17, 15) is 4.79 Å². The van der Waals surface area contributed by atoms with Crippen LogP contribution in [0.5, 0.6) is 5.75 Å². The average molecular weight is 236 g/mol. The molecule has 0 radical (unpaired) electrons. The summed E-state index contributed by atoms with van der Waals surface area (Å²) in [5.41, 5.74) is 6.19. The van der Waals surface area contributed by atoms with Gasteiger partial charge in [0.1, 0.15) is 5.75 Å². The molecule has 0 bridgehead atoms. The van der Waals surface area contributed by atoms with Crippen LogP contribution in [0.25, 0.3) is 0 Å². The maximum Gasteiger partial charge on any atom is 0.258 e. The second-order valence-electron chi connectivity index (χ2n) is 4.22. The van der Waals surface area contributed by atoms with Crippen molar-refractivity contribution in [2.75, 3.05) is 12.3 Å². The Hall–Kier alpha value is -1.75. The summed E-state index contributed by atoms with van der Waals surface area (Å²) in [6.45, 7) is -0.0548. The van der Waals surface area contributed by atoms with Crippen LogP contribution in [0, 0.1) is 0 Å². The fourth-order valence-corrected chi connectivity index (χ4v) is 1.73. The molecule has 1 saturated carbocycles. The molecule has 1 aliphatic carbocycles. The van der Waals surface area contributed by atoms with Crippen molar-refractivity contribution >= 4 is 11.6 Å². The van der Waals surface area contributed by atoms with E-state index in [0.717, 1.165) is 0 Å². The maximum atomic E-state index is 11.5. The number of nitrogen functional groups attached to an aromatic ring is 1. The smallest absolute Gasteiger partial charge is 0.258 e. The third kappa shape index (κ3) is 3.10. The molecule has 0 aromatic heterocycles. The first-order chi connectivity index (χ1) is 8.15. The standard InChI is InChI=1S/C12H16N2O3/c13-10-3-1-2-4-11(10)17-7-12(16)14-8-5-9(15)6-8/h1-4,8-9,15H,5-7,13H2,(H,14,16). The minimum atomic E-state index is -0.272. The van der Waals surface area contributed by atoms with E-state index in [0.29, 0.717) is 24.3 Å². The number of ether oxygens (including phenoxy) is 1. The zero-order valence-electron chi connectivity index (χ0n) is 9.43. The first-order valence-electron chi connectivity index (χ1n) is 5.60. The molecule has 0 atom stereocenters. The van der Waals surface area contributed by atoms with Gasteiger partial charge in [-0.15, -0.1) is 0 Å². The molecule has 17 heavy (non-hydrogen) atoms. The molecule has 0 saturated heterocycles. The number of benzene rings is 1. The van der Waals surface area contributed by atoms with Crippen LogP contribution in [-0.2, 0) is 4.79 Å². The van der Waals surface area contributed by atoms with Gasteiger partial charge in [-0.1, -0.05) is 12.1 Å². The highest BCUT2D eigenvalue weighted by Gasteiger charge is 2.28. The topological polar surface area (TPSA) is 84.6 Å². The Morgan fingerprint density at radius 2 is 2.18 bits per heavy atom. The Bertz CT molecular complexity index is 402. The summed E-state index contributed by atoms with van der Waals surface area (Å²) in [6.07, 6.45) is 0.976. The summed E-state index contributed by atoms with van der Waals surface area (Å²) in [6, 6.07) is 7.11. The molecule has 0 spiro atoms. The molecule has 1 fully saturated rings. The minimum absolute atomic E-state index is 0.0548. The van der Waals surface area contributed by atoms with E-state index in [4.69, 9.17) is 15.6 Å². The van der Waals surface area contributed by atoms with Crippen LogP contribution < -0.4 is 15.8 Å². The third-order valence-corrected chi connectivity index (χ3v) is 2.76. The van der Waals surface area contributed by atoms with E-state index in [2.05, 4.69) is 5.32 Å². The number of para-hydroxylation sites is 2. The second-order valence-corrected chi connectivity index (χ2v) is 4.22. The van der Waals surface area contributed by atoms with Crippen molar-refractivity contribution in [2.24, 2.45) is 0 Å². The van der Waals surface area contributed by atoms with Gasteiger partial charge in [0.15, 0.2) is 6.61 Å². The number of anilines is 1. The van der Waals surface area contributed by atoms with E-state index in [-0.39, 0.29) is 24.7 Å². The van der Waals surface area contributed by atoms with Gasteiger partial charge >= 0.3 is 0 Å². The summed E-state index contributed by atoms with van der Waals surface area (Å²) in [4.78, 5) is 11.5. The average Bonchev–Trinajstić information content (AvgIpc) is 2.26. The summed E-state index contributed by atoms with van der Waals surface area (Å²) < 4.78 is 5.30. The lowest BCUT2D eigenvalue weighted by Gasteiger charge is -2.31. The fraction of sp³-hybridized carbons (Fsp3) is 0.417. The molecule has 1 amide bonds. The van der Waals surface area contributed by atoms with Gasteiger partial charge in [-0.2, -0.15) is 0 Å². The first-order valence-corrected chi connectivity index (χ1v) is 5.60. The Labute approximate surface area is 99.6 Å². The molecule has 1 aromatic rings. The lowest BCUT2D eigenvalue weighted by Crippen LogP contribution is -2.48. The number of nitrogens with two attached hydrogens (primary N) is 1. The number of aliphatic hydroxyl groups is 1. The molecule has 92 valence electrons. The van der Waals surface area contributed by atoms with Crippen molar-refractivity contribution in [1.82, 2.24) is 5.32 Å². The minimum Gasteiger partial charge on any atom is -0.482 e. The van der Waals surface area contributed by atoms with Crippen LogP contribution in [0.4, 0.5) is 5.69 Å². The van der Waals surface area contributed by atoms with Gasteiger partial charge in [-0.05, 0) is 25.0 Å². The number of carbonyl (C=O) groups excluding carboxylic acids is 1. The number of hydrogen-bond acceptors (Lipinski definition) is 4. The van der Waals surface area contributed by atoms with Gasteiger partial charge in [0.25, 0.3) is 5.91 Å². The van der Waals surface area contributed by atoms with Crippen molar-refractivity contribution < 1.29 is 14.6 Å². The largest absolute Gasteiger partial charge is 0.482 e. The summed E-state index contributed by atoms with van der Waals surface area (Å²) >= 11 is 0. The number of rotatable bonds is 4. The summed E-state index contributed by atoms with van der Waals surface area (Å²) in [5, 5.41) is 11.8. The van der Waals surface area contributed by atoms with Crippen LogP contribution in [-0.4, -0.2) is 29.8 Å². The monoisotopic (exact) mass is 236 g/mol. The second kappa shape index (κ2) is 5.05. The van der Waals surface area contributed by atoms with Crippen molar-refractivity contribution in [3.05, 3.63) is 24.3 Å². The Kier molecular flexibility index (Phi) is 3.49. The zero-order valence-corrected chi connectivity index (χ0v) is 9.43. The molecule has 1 aliphatic rings. The SMILES string of the molecule is Nc1ccccc1OCC(=O)NC1CC(O)C1. The van der Waals surface area contributed by atoms with Gasteiger partial charge in [0.05, 0.1) is 11.8 Å². The van der Waals surface area contributed by atoms with E-state index >= 15 is 0 Å². The highest BCUT2D eigenvalue weighted by molar-refractivity contribution is 5.78. The number of hydrogen-bond donors (Lipinski definition) is 3. The molecule has 0 heterocycles. The van der Waals surface area contributed by atoms with Gasteiger partial charge in [0.2, 0.25) is 0 Å². The third-order valence-electron chi connectivity index (χ3n) is 2.76. The molecule has 5 nitrogen and oxygen atoms in total. The fourth-order valence-electron chi connectivity index (χ4n) is 1.73. The molecule has 2 rings (SSSR count). The van der Waals surface area contributed by atoms with Crippen LogP contribution in [0.2, 0.25) is 0 Å². The van der Waals surface area contributed by atoms with Crippen molar-refractivity contribution in [1.29, 1.82) is 0 Å². The van der Waals surface area contributed by atoms with E-state index < -0.39 is 0 Å². The summed E-state index contributed by atoms with van der Waals surface area (Å²) in [5.74, 6) is 0.321. The van der Waals surface area contributed by atoms with Crippen LogP contribution >= 0.6 is 0 Å². The van der Waals surface area contributed by atoms with Gasteiger partial charge in [-0.3, -0.25) is 4.79 Å². The highest BCUT2D eigenvalue weighted by Crippen LogP contribution is 2.20. The van der Waals surface area contributed by atoms with Crippen molar-refractivity contribution in [3.63, 3.8) is 0 Å². The zero-order chi connectivity index (χ0) is 12.3. The normalized spacial score (nSPS) is 22.6. The number of carbonyl (C=O) groups is 1. The predicted octanol–water partition coefficient (Wildman–Crippen LogP) is 0.287. The lowest BCUT2D eigenvalue weighted by atomic mass is 9.89. The van der Waals surface area contributed by atoms with E-state index in [1.165, 1.54) is 0 Å². The maximum absolute atomic E-state index is 11.5. The molecule has 5 heteroatoms. The number of amides is 1. The molecule has 4 N–H and O–H groups in total. The predicted molar refractivity (Wildman–Crippen MR) is 63.5 cm³/mol. The van der Waals surface area contributed by atoms with Crippen LogP contribution in [0.3, 0.4) is 0 Å². The Balaban J connectivity index is 1.75. The van der Waals surface area contributed by atoms with E-state index in [1.807, 2.05) is 0 Å². The van der Waals surface area contributed by atoms with E-state index in [1.54, 1.807) is 24.3 Å². The van der Waals surface area contributed by atoms with Gasteiger partial charge < -0.3 is 20.9 Å². The lowest BCUT2D eigenvalue weighted by molar-refractivity contribution is -0.125. The van der Waals surface area contributed by atoms with Crippen LogP contribution in [0.15, 0.2) is 24.3 Å². The van der Waals surface area contributed by atoms with Gasteiger partial charge in [-0.25, -0.2) is 0 Å². The molecule has 0 unspecified atom stereocenters. The van der Waals surface area contributed by atoms with Crippen LogP contribution in [0.1, 0.15) is 12.8 Å². The molecular weight excluding hydrogens is 220 g/mol. The number of aliphatic hydroxyl groups excluding tert-OH is 1. The Morgan fingerprint density at radius 3 is 2.82 bits per heavy atom. The van der Waals surface area contributed by atoms with Gasteiger partial charge in [0, 0.05) is 6.04 Å².